The number of rotatable bonds is 4. The molecule has 0 rings (SSSR count). The van der Waals surface area contributed by atoms with Crippen LogP contribution < -0.4 is 22.9 Å². The van der Waals surface area contributed by atoms with Crippen molar-refractivity contribution in [2.75, 3.05) is 26.2 Å². The molecule has 0 unspecified atom stereocenters. The van der Waals surface area contributed by atoms with Crippen molar-refractivity contribution in [3.8, 4) is 12.4 Å². The molecule has 0 saturated carbocycles. The van der Waals surface area contributed by atoms with Crippen molar-refractivity contribution in [2.45, 2.75) is 12.8 Å². The first-order valence-corrected chi connectivity index (χ1v) is 4.53. The molecule has 0 radical (unpaired) electrons. The molecule has 0 aromatic rings. The first-order valence-electron chi connectivity index (χ1n) is 4.53. The van der Waals surface area contributed by atoms with Crippen LogP contribution >= 0.6 is 0 Å². The molecule has 0 amide bonds. The molecule has 0 heterocycles. The molecule has 8 nitrogen and oxygen atoms in total. The summed E-state index contributed by atoms with van der Waals surface area (Å²) in [4.78, 5) is 0. The molecule has 0 saturated heterocycles. The predicted octanol–water partition coefficient (Wildman–Crippen LogP) is -0.378. The molecule has 0 aromatic heterocycles. The summed E-state index contributed by atoms with van der Waals surface area (Å²) in [5.41, 5.74) is 20.2. The van der Waals surface area contributed by atoms with Crippen molar-refractivity contribution < 1.29 is 33.0 Å². The zero-order valence-corrected chi connectivity index (χ0v) is 12.1. The largest absolute Gasteiger partial charge is 2.00 e. The Morgan fingerprint density at radius 1 is 0.722 bits per heavy atom. The van der Waals surface area contributed by atoms with Crippen LogP contribution in [-0.2, 0) is 33.0 Å². The Morgan fingerprint density at radius 2 is 0.944 bits per heavy atom. The Balaban J connectivity index is -0.0000000277. The second kappa shape index (κ2) is 54.7. The Kier molecular flexibility index (Phi) is 110. The smallest absolute Gasteiger partial charge is 0.693 e. The monoisotopic (exact) mass is 346 g/mol. The summed E-state index contributed by atoms with van der Waals surface area (Å²) in [7, 11) is 0. The third-order valence-corrected chi connectivity index (χ3v) is 0.916. The standard InChI is InChI=1S/2C3H10N2.C2N3.H2N.2Ni/c2*4-2-1-3-5;3-1-5-2-4;;;/h2*1-5H2;;1H2;;/q;;2*-1;2*+2. The van der Waals surface area contributed by atoms with Crippen LogP contribution in [-0.4, -0.2) is 26.2 Å². The molecule has 0 bridgehead atoms. The summed E-state index contributed by atoms with van der Waals surface area (Å²) in [6.07, 6.45) is 4.45. The number of nitriles is 2. The van der Waals surface area contributed by atoms with E-state index in [9.17, 15) is 0 Å². The van der Waals surface area contributed by atoms with E-state index in [0.717, 1.165) is 39.0 Å². The third kappa shape index (κ3) is 107. The van der Waals surface area contributed by atoms with Crippen molar-refractivity contribution in [1.82, 2.24) is 0 Å². The molecule has 0 fully saturated rings. The van der Waals surface area contributed by atoms with Gasteiger partial charge in [0.2, 0.25) is 0 Å². The second-order valence-corrected chi connectivity index (χ2v) is 2.17. The van der Waals surface area contributed by atoms with Crippen molar-refractivity contribution >= 4 is 0 Å². The van der Waals surface area contributed by atoms with Gasteiger partial charge in [-0.1, -0.05) is 0 Å². The Bertz CT molecular complexity index is 145. The van der Waals surface area contributed by atoms with Crippen LogP contribution in [0.15, 0.2) is 0 Å². The van der Waals surface area contributed by atoms with Gasteiger partial charge in [0.05, 0.1) is 0 Å². The van der Waals surface area contributed by atoms with Crippen LogP contribution in [0.25, 0.3) is 11.5 Å². The Labute approximate surface area is 129 Å². The van der Waals surface area contributed by atoms with Crippen LogP contribution in [0.5, 0.6) is 0 Å². The van der Waals surface area contributed by atoms with Crippen molar-refractivity contribution in [3.05, 3.63) is 11.5 Å². The molecule has 112 valence electrons. The van der Waals surface area contributed by atoms with E-state index in [1.807, 2.05) is 0 Å². The normalized spacial score (nSPS) is 5.67. The molecule has 0 aliphatic carbocycles. The minimum absolute atomic E-state index is 0. The topological polar surface area (TPSA) is 199 Å². The molecule has 0 spiro atoms. The fraction of sp³-hybridized carbons (Fsp3) is 0.750. The van der Waals surface area contributed by atoms with E-state index in [4.69, 9.17) is 33.5 Å². The van der Waals surface area contributed by atoms with Gasteiger partial charge in [-0.25, -0.2) is 0 Å². The zero-order chi connectivity index (χ0) is 12.4. The van der Waals surface area contributed by atoms with E-state index in [1.165, 1.54) is 12.4 Å². The molecule has 0 aliphatic rings. The maximum atomic E-state index is 7.43. The summed E-state index contributed by atoms with van der Waals surface area (Å²) >= 11 is 0. The van der Waals surface area contributed by atoms with Gasteiger partial charge >= 0.3 is 33.0 Å². The predicted molar refractivity (Wildman–Crippen MR) is 65.3 cm³/mol. The minimum Gasteiger partial charge on any atom is -0.693 e. The zero-order valence-electron chi connectivity index (χ0n) is 10.1. The molecule has 0 aromatic carbocycles. The van der Waals surface area contributed by atoms with Gasteiger partial charge in [0, 0.05) is 12.4 Å². The van der Waals surface area contributed by atoms with E-state index in [-0.39, 0.29) is 39.1 Å². The molecular formula is C8H22N8Ni2+2. The molecule has 0 aliphatic heterocycles. The summed E-state index contributed by atoms with van der Waals surface area (Å²) in [5.74, 6) is 0. The van der Waals surface area contributed by atoms with Crippen LogP contribution in [0, 0.1) is 22.9 Å². The van der Waals surface area contributed by atoms with Gasteiger partial charge in [-0.3, -0.25) is 5.32 Å². The van der Waals surface area contributed by atoms with Gasteiger partial charge in [-0.2, -0.15) is 0 Å². The maximum Gasteiger partial charge on any atom is 2.00 e. The van der Waals surface area contributed by atoms with Crippen LogP contribution in [0.2, 0.25) is 0 Å². The van der Waals surface area contributed by atoms with Gasteiger partial charge in [0.15, 0.2) is 0 Å². The number of hydrogen-bond donors (Lipinski definition) is 4. The third-order valence-electron chi connectivity index (χ3n) is 0.916. The van der Waals surface area contributed by atoms with Gasteiger partial charge in [-0.05, 0) is 39.0 Å². The quantitative estimate of drug-likeness (QED) is 0.394. The van der Waals surface area contributed by atoms with E-state index in [2.05, 4.69) is 5.32 Å². The Morgan fingerprint density at radius 3 is 0.944 bits per heavy atom. The van der Waals surface area contributed by atoms with E-state index < -0.39 is 0 Å². The van der Waals surface area contributed by atoms with Crippen LogP contribution in [0.1, 0.15) is 12.8 Å². The van der Waals surface area contributed by atoms with Gasteiger partial charge in [0.1, 0.15) is 0 Å². The molecule has 10 heteroatoms. The van der Waals surface area contributed by atoms with Crippen molar-refractivity contribution in [2.24, 2.45) is 22.9 Å². The SMILES string of the molecule is N#C[N-]C#N.NCCCN.NCCCN.[NH2-].[Ni+2].[Ni+2]. The Hall–Kier alpha value is -0.433. The number of nitrogens with zero attached hydrogens (tertiary/aromatic N) is 3. The van der Waals surface area contributed by atoms with Gasteiger partial charge in [0.25, 0.3) is 0 Å². The minimum atomic E-state index is 0. The van der Waals surface area contributed by atoms with Crippen molar-refractivity contribution in [3.63, 3.8) is 0 Å². The van der Waals surface area contributed by atoms with E-state index >= 15 is 0 Å². The van der Waals surface area contributed by atoms with Crippen LogP contribution in [0.3, 0.4) is 0 Å². The number of nitrogens with two attached hydrogens (primary N) is 5. The van der Waals surface area contributed by atoms with Crippen LogP contribution in [0.4, 0.5) is 0 Å². The summed E-state index contributed by atoms with van der Waals surface area (Å²) in [6.45, 7) is 2.88. The van der Waals surface area contributed by atoms with Crippen molar-refractivity contribution in [1.29, 1.82) is 10.5 Å². The maximum absolute atomic E-state index is 7.43. The fourth-order valence-corrected chi connectivity index (χ4v) is 0.258. The first-order chi connectivity index (χ1) is 7.24. The summed E-state index contributed by atoms with van der Waals surface area (Å²) < 4.78 is 0. The number of hydrogen-bond acceptors (Lipinski definition) is 6. The van der Waals surface area contributed by atoms with Gasteiger partial charge in [-0.15, -0.1) is 0 Å². The molecule has 0 atom stereocenters. The average molecular weight is 348 g/mol. The summed E-state index contributed by atoms with van der Waals surface area (Å²) in [6, 6.07) is 0. The average Bonchev–Trinajstić information content (AvgIpc) is 2.23. The molecular weight excluding hydrogens is 326 g/mol. The van der Waals surface area contributed by atoms with E-state index in [0.29, 0.717) is 0 Å². The first kappa shape index (κ1) is 36.0. The van der Waals surface area contributed by atoms with E-state index in [1.54, 1.807) is 0 Å². The fourth-order valence-electron chi connectivity index (χ4n) is 0.258. The second-order valence-electron chi connectivity index (χ2n) is 2.17. The molecule has 10 N–H and O–H groups in total. The summed E-state index contributed by atoms with van der Waals surface area (Å²) in [5, 5.41) is 17.4. The molecule has 18 heavy (non-hydrogen) atoms. The van der Waals surface area contributed by atoms with Gasteiger partial charge < -0.3 is 39.6 Å².